The molecule has 0 aromatic rings. The minimum Gasteiger partial charge on any atom is -0.378 e. The van der Waals surface area contributed by atoms with Crippen LogP contribution in [0.5, 0.6) is 0 Å². The summed E-state index contributed by atoms with van der Waals surface area (Å²) >= 11 is 0. The fourth-order valence-corrected chi connectivity index (χ4v) is 5.56. The van der Waals surface area contributed by atoms with Gasteiger partial charge in [-0.1, -0.05) is 97.3 Å². The smallest absolute Gasteiger partial charge is 0.0575 e. The van der Waals surface area contributed by atoms with Crippen LogP contribution >= 0.6 is 0 Å². The summed E-state index contributed by atoms with van der Waals surface area (Å²) in [6.45, 7) is 5.65. The largest absolute Gasteiger partial charge is 0.378 e. The topological polar surface area (TPSA) is 9.23 Å². The van der Waals surface area contributed by atoms with Crippen molar-refractivity contribution in [3.63, 3.8) is 0 Å². The lowest BCUT2D eigenvalue weighted by Gasteiger charge is -2.30. The van der Waals surface area contributed by atoms with Gasteiger partial charge in [-0.25, -0.2) is 0 Å². The van der Waals surface area contributed by atoms with Crippen LogP contribution in [0.2, 0.25) is 0 Å². The second-order valence-electron chi connectivity index (χ2n) is 9.89. The summed E-state index contributed by atoms with van der Waals surface area (Å²) in [6.07, 6.45) is 27.9. The zero-order valence-corrected chi connectivity index (χ0v) is 18.9. The maximum atomic E-state index is 6.25. The molecule has 2 fully saturated rings. The van der Waals surface area contributed by atoms with Crippen molar-refractivity contribution in [2.75, 3.05) is 6.61 Å². The number of hydrogen-bond acceptors (Lipinski definition) is 1. The normalized spacial score (nSPS) is 29.1. The molecule has 0 radical (unpaired) electrons. The fourth-order valence-electron chi connectivity index (χ4n) is 5.56. The molecule has 0 aromatic heterocycles. The quantitative estimate of drug-likeness (QED) is 0.275. The Bertz CT molecular complexity index is 323. The van der Waals surface area contributed by atoms with Crippen molar-refractivity contribution < 1.29 is 4.74 Å². The molecule has 0 spiro atoms. The summed E-state index contributed by atoms with van der Waals surface area (Å²) in [5.74, 6) is 3.07. The second-order valence-corrected chi connectivity index (χ2v) is 9.89. The fraction of sp³-hybridized carbons (Fsp3) is 1.00. The van der Waals surface area contributed by atoms with Gasteiger partial charge in [-0.3, -0.25) is 0 Å². The Morgan fingerprint density at radius 1 is 0.519 bits per heavy atom. The van der Waals surface area contributed by atoms with E-state index in [0.29, 0.717) is 6.10 Å². The maximum absolute atomic E-state index is 6.25. The SMILES string of the molecule is CCCCCC[C@H]1CC[C@H](CCCOC2CCC(CCCCC)CC2)CC1. The van der Waals surface area contributed by atoms with Crippen molar-refractivity contribution in [3.05, 3.63) is 0 Å². The maximum Gasteiger partial charge on any atom is 0.0575 e. The molecular formula is C26H50O. The van der Waals surface area contributed by atoms with E-state index in [1.54, 1.807) is 0 Å². The van der Waals surface area contributed by atoms with Gasteiger partial charge in [0.2, 0.25) is 0 Å². The predicted octanol–water partition coefficient (Wildman–Crippen LogP) is 8.70. The average molecular weight is 379 g/mol. The Morgan fingerprint density at radius 3 is 1.52 bits per heavy atom. The summed E-state index contributed by atoms with van der Waals surface area (Å²) in [7, 11) is 0. The van der Waals surface area contributed by atoms with Crippen LogP contribution in [-0.4, -0.2) is 12.7 Å². The summed E-state index contributed by atoms with van der Waals surface area (Å²) in [5, 5.41) is 0. The van der Waals surface area contributed by atoms with Gasteiger partial charge in [0.15, 0.2) is 0 Å². The van der Waals surface area contributed by atoms with Crippen molar-refractivity contribution in [1.82, 2.24) is 0 Å². The molecule has 1 nitrogen and oxygen atoms in total. The highest BCUT2D eigenvalue weighted by Gasteiger charge is 2.22. The molecule has 0 unspecified atom stereocenters. The van der Waals surface area contributed by atoms with Crippen LogP contribution in [-0.2, 0) is 4.74 Å². The van der Waals surface area contributed by atoms with Gasteiger partial charge in [0, 0.05) is 6.61 Å². The van der Waals surface area contributed by atoms with E-state index in [4.69, 9.17) is 4.74 Å². The molecular weight excluding hydrogens is 328 g/mol. The van der Waals surface area contributed by atoms with Gasteiger partial charge in [-0.15, -0.1) is 0 Å². The van der Waals surface area contributed by atoms with E-state index >= 15 is 0 Å². The van der Waals surface area contributed by atoms with Crippen molar-refractivity contribution in [1.29, 1.82) is 0 Å². The molecule has 0 aromatic carbocycles. The lowest BCUT2D eigenvalue weighted by atomic mass is 9.78. The van der Waals surface area contributed by atoms with Crippen LogP contribution in [0.25, 0.3) is 0 Å². The number of unbranched alkanes of at least 4 members (excludes halogenated alkanes) is 5. The minimum atomic E-state index is 0.589. The van der Waals surface area contributed by atoms with E-state index < -0.39 is 0 Å². The molecule has 0 N–H and O–H groups in total. The molecule has 0 heterocycles. The van der Waals surface area contributed by atoms with Gasteiger partial charge in [-0.05, 0) is 56.3 Å². The summed E-state index contributed by atoms with van der Waals surface area (Å²) in [6, 6.07) is 0. The number of hydrogen-bond donors (Lipinski definition) is 0. The molecule has 0 atom stereocenters. The average Bonchev–Trinajstić information content (AvgIpc) is 2.71. The Kier molecular flexibility index (Phi) is 12.8. The first-order valence-corrected chi connectivity index (χ1v) is 12.9. The summed E-state index contributed by atoms with van der Waals surface area (Å²) < 4.78 is 6.25. The molecule has 0 bridgehead atoms. The van der Waals surface area contributed by atoms with Gasteiger partial charge in [0.1, 0.15) is 0 Å². The first-order valence-electron chi connectivity index (χ1n) is 12.9. The molecule has 0 saturated heterocycles. The monoisotopic (exact) mass is 378 g/mol. The van der Waals surface area contributed by atoms with Crippen LogP contribution in [0, 0.1) is 17.8 Å². The van der Waals surface area contributed by atoms with Crippen LogP contribution < -0.4 is 0 Å². The Labute approximate surface area is 171 Å². The van der Waals surface area contributed by atoms with Gasteiger partial charge >= 0.3 is 0 Å². The summed E-state index contributed by atoms with van der Waals surface area (Å²) in [5.41, 5.74) is 0. The predicted molar refractivity (Wildman–Crippen MR) is 119 cm³/mol. The van der Waals surface area contributed by atoms with Crippen molar-refractivity contribution in [3.8, 4) is 0 Å². The van der Waals surface area contributed by atoms with Crippen molar-refractivity contribution in [2.24, 2.45) is 17.8 Å². The molecule has 27 heavy (non-hydrogen) atoms. The Balaban J connectivity index is 1.42. The van der Waals surface area contributed by atoms with Crippen LogP contribution in [0.4, 0.5) is 0 Å². The molecule has 0 aliphatic heterocycles. The zero-order chi connectivity index (χ0) is 19.2. The lowest BCUT2D eigenvalue weighted by molar-refractivity contribution is 0.0131. The minimum absolute atomic E-state index is 0.589. The van der Waals surface area contributed by atoms with E-state index in [2.05, 4.69) is 13.8 Å². The molecule has 1 heteroatoms. The lowest BCUT2D eigenvalue weighted by Crippen LogP contribution is -2.22. The Morgan fingerprint density at radius 2 is 0.963 bits per heavy atom. The number of ether oxygens (including phenoxy) is 1. The first kappa shape index (κ1) is 23.2. The van der Waals surface area contributed by atoms with E-state index in [1.165, 1.54) is 122 Å². The molecule has 2 aliphatic carbocycles. The highest BCUT2D eigenvalue weighted by Crippen LogP contribution is 2.34. The van der Waals surface area contributed by atoms with E-state index in [9.17, 15) is 0 Å². The van der Waals surface area contributed by atoms with E-state index in [0.717, 1.165) is 24.4 Å². The standard InChI is InChI=1S/C26H50O/c1-3-5-7-9-12-23-14-16-25(17-15-23)13-10-22-27-26-20-18-24(19-21-26)11-8-6-4-2/h23-26H,3-22H2,1-2H3/t23-,24?,25-,26?. The number of rotatable bonds is 14. The third-order valence-corrected chi connectivity index (χ3v) is 7.55. The summed E-state index contributed by atoms with van der Waals surface area (Å²) in [4.78, 5) is 0. The van der Waals surface area contributed by atoms with Gasteiger partial charge in [0.25, 0.3) is 0 Å². The van der Waals surface area contributed by atoms with Crippen LogP contribution in [0.15, 0.2) is 0 Å². The van der Waals surface area contributed by atoms with Gasteiger partial charge in [-0.2, -0.15) is 0 Å². The van der Waals surface area contributed by atoms with Crippen molar-refractivity contribution in [2.45, 2.75) is 142 Å². The second kappa shape index (κ2) is 14.9. The van der Waals surface area contributed by atoms with Gasteiger partial charge < -0.3 is 4.74 Å². The van der Waals surface area contributed by atoms with E-state index in [1.807, 2.05) is 0 Å². The molecule has 2 aliphatic rings. The van der Waals surface area contributed by atoms with E-state index in [-0.39, 0.29) is 0 Å². The molecule has 160 valence electrons. The molecule has 0 amide bonds. The molecule has 2 rings (SSSR count). The third-order valence-electron chi connectivity index (χ3n) is 7.55. The van der Waals surface area contributed by atoms with Crippen molar-refractivity contribution >= 4 is 0 Å². The third kappa shape index (κ3) is 10.3. The highest BCUT2D eigenvalue weighted by molar-refractivity contribution is 4.74. The van der Waals surface area contributed by atoms with Gasteiger partial charge in [0.05, 0.1) is 6.10 Å². The first-order chi connectivity index (χ1) is 13.3. The van der Waals surface area contributed by atoms with Crippen LogP contribution in [0.3, 0.4) is 0 Å². The van der Waals surface area contributed by atoms with Crippen LogP contribution in [0.1, 0.15) is 136 Å². The zero-order valence-electron chi connectivity index (χ0n) is 18.9. The highest BCUT2D eigenvalue weighted by atomic mass is 16.5. The Hall–Kier alpha value is -0.0400. The molecule has 2 saturated carbocycles.